The van der Waals surface area contributed by atoms with Crippen molar-refractivity contribution < 1.29 is 4.79 Å². The molecule has 0 aliphatic carbocycles. The molecule has 1 N–H and O–H groups in total. The molecule has 0 spiro atoms. The molecule has 2 aromatic heterocycles. The van der Waals surface area contributed by atoms with Crippen molar-refractivity contribution in [2.24, 2.45) is 0 Å². The van der Waals surface area contributed by atoms with Crippen LogP contribution in [0.5, 0.6) is 0 Å². The summed E-state index contributed by atoms with van der Waals surface area (Å²) in [5.41, 5.74) is 2.61. The fraction of sp³-hybridized carbons (Fsp3) is 0.312. The Labute approximate surface area is 148 Å². The molecule has 25 heavy (non-hydrogen) atoms. The fourth-order valence-electron chi connectivity index (χ4n) is 2.68. The minimum atomic E-state index is -0.217. The molecule has 3 aromatic rings. The molecule has 1 amide bonds. The third kappa shape index (κ3) is 3.42. The maximum Gasteiger partial charge on any atom is 0.255 e. The Kier molecular flexibility index (Phi) is 4.24. The average molecular weight is 355 g/mol. The van der Waals surface area contributed by atoms with Crippen LogP contribution < -0.4 is 10.2 Å². The Bertz CT molecular complexity index is 887. The molecule has 0 saturated carbocycles. The lowest BCUT2D eigenvalue weighted by atomic mass is 10.2. The Balaban J connectivity index is 1.44. The average Bonchev–Trinajstić information content (AvgIpc) is 3.11. The third-order valence-electron chi connectivity index (χ3n) is 4.20. The molecule has 1 aromatic carbocycles. The second kappa shape index (κ2) is 6.69. The highest BCUT2D eigenvalue weighted by Gasteiger charge is 2.16. The number of piperazine rings is 1. The molecule has 0 unspecified atom stereocenters. The van der Waals surface area contributed by atoms with Crippen LogP contribution in [0.15, 0.2) is 30.6 Å². The maximum atomic E-state index is 12.4. The van der Waals surface area contributed by atoms with E-state index in [0.717, 1.165) is 48.9 Å². The van der Waals surface area contributed by atoms with E-state index in [1.807, 2.05) is 0 Å². The number of fused-ring (bicyclic) bond motifs is 1. The number of benzene rings is 1. The van der Waals surface area contributed by atoms with Gasteiger partial charge in [0.2, 0.25) is 5.95 Å². The number of nitrogens with one attached hydrogen (secondary N) is 1. The van der Waals surface area contributed by atoms with Gasteiger partial charge in [-0.2, -0.15) is 8.75 Å². The van der Waals surface area contributed by atoms with Gasteiger partial charge in [0.25, 0.3) is 5.91 Å². The number of aromatic nitrogens is 4. The number of hydrogen-bond acceptors (Lipinski definition) is 8. The lowest BCUT2D eigenvalue weighted by Gasteiger charge is -2.32. The zero-order valence-corrected chi connectivity index (χ0v) is 14.5. The number of anilines is 2. The number of amides is 1. The molecule has 3 heterocycles. The maximum absolute atomic E-state index is 12.4. The summed E-state index contributed by atoms with van der Waals surface area (Å²) in [4.78, 5) is 25.6. The summed E-state index contributed by atoms with van der Waals surface area (Å²) in [6.45, 7) is 3.80. The van der Waals surface area contributed by atoms with Crippen molar-refractivity contribution in [1.82, 2.24) is 23.6 Å². The summed E-state index contributed by atoms with van der Waals surface area (Å²) in [5.74, 6) is 0.479. The largest absolute Gasteiger partial charge is 0.338 e. The van der Waals surface area contributed by atoms with Crippen LogP contribution in [-0.4, -0.2) is 62.7 Å². The van der Waals surface area contributed by atoms with Crippen molar-refractivity contribution >= 4 is 40.3 Å². The van der Waals surface area contributed by atoms with Gasteiger partial charge in [0, 0.05) is 31.7 Å². The SMILES string of the molecule is CN1CCN(c2ncc(NC(=O)c3ccc4nsnc4c3)cn2)CC1. The smallest absolute Gasteiger partial charge is 0.255 e. The van der Waals surface area contributed by atoms with E-state index in [1.165, 1.54) is 0 Å². The first-order valence-corrected chi connectivity index (χ1v) is 8.71. The van der Waals surface area contributed by atoms with Gasteiger partial charge >= 0.3 is 0 Å². The molecular formula is C16H17N7OS. The second-order valence-electron chi connectivity index (χ2n) is 5.98. The van der Waals surface area contributed by atoms with Crippen LogP contribution >= 0.6 is 11.7 Å². The van der Waals surface area contributed by atoms with Crippen molar-refractivity contribution in [3.8, 4) is 0 Å². The molecule has 0 bridgehead atoms. The monoisotopic (exact) mass is 355 g/mol. The van der Waals surface area contributed by atoms with Crippen molar-refractivity contribution in [3.05, 3.63) is 36.2 Å². The van der Waals surface area contributed by atoms with Crippen LogP contribution in [0.25, 0.3) is 11.0 Å². The number of nitrogens with zero attached hydrogens (tertiary/aromatic N) is 6. The van der Waals surface area contributed by atoms with Crippen LogP contribution in [0.1, 0.15) is 10.4 Å². The van der Waals surface area contributed by atoms with Crippen molar-refractivity contribution in [2.45, 2.75) is 0 Å². The number of likely N-dealkylation sites (N-methyl/N-ethyl adjacent to an activating group) is 1. The Morgan fingerprint density at radius 2 is 1.80 bits per heavy atom. The lowest BCUT2D eigenvalue weighted by Crippen LogP contribution is -2.45. The second-order valence-corrected chi connectivity index (χ2v) is 6.51. The zero-order valence-electron chi connectivity index (χ0n) is 13.7. The van der Waals surface area contributed by atoms with Gasteiger partial charge in [-0.1, -0.05) is 0 Å². The summed E-state index contributed by atoms with van der Waals surface area (Å²) in [6, 6.07) is 5.26. The van der Waals surface area contributed by atoms with Gasteiger partial charge in [0.15, 0.2) is 0 Å². The lowest BCUT2D eigenvalue weighted by molar-refractivity contribution is 0.102. The van der Waals surface area contributed by atoms with Crippen LogP contribution in [0, 0.1) is 0 Å². The topological polar surface area (TPSA) is 87.1 Å². The van der Waals surface area contributed by atoms with Gasteiger partial charge in [0.1, 0.15) is 11.0 Å². The highest BCUT2D eigenvalue weighted by Crippen LogP contribution is 2.16. The number of rotatable bonds is 3. The van der Waals surface area contributed by atoms with E-state index in [-0.39, 0.29) is 5.91 Å². The summed E-state index contributed by atoms with van der Waals surface area (Å²) < 4.78 is 8.29. The van der Waals surface area contributed by atoms with Crippen LogP contribution in [-0.2, 0) is 0 Å². The van der Waals surface area contributed by atoms with E-state index >= 15 is 0 Å². The summed E-state index contributed by atoms with van der Waals surface area (Å²) in [5, 5.41) is 2.82. The van der Waals surface area contributed by atoms with Crippen LogP contribution in [0.4, 0.5) is 11.6 Å². The molecular weight excluding hydrogens is 338 g/mol. The summed E-state index contributed by atoms with van der Waals surface area (Å²) >= 11 is 1.13. The van der Waals surface area contributed by atoms with E-state index < -0.39 is 0 Å². The van der Waals surface area contributed by atoms with E-state index in [2.05, 4.69) is 40.9 Å². The van der Waals surface area contributed by atoms with Gasteiger partial charge in [0.05, 0.1) is 29.8 Å². The number of carbonyl (C=O) groups excluding carboxylic acids is 1. The molecule has 1 aliphatic rings. The molecule has 0 atom stereocenters. The first kappa shape index (κ1) is 15.9. The molecule has 8 nitrogen and oxygen atoms in total. The predicted octanol–water partition coefficient (Wildman–Crippen LogP) is 1.49. The molecule has 9 heteroatoms. The highest BCUT2D eigenvalue weighted by atomic mass is 32.1. The molecule has 1 aliphatic heterocycles. The van der Waals surface area contributed by atoms with Crippen molar-refractivity contribution in [1.29, 1.82) is 0 Å². The first-order valence-electron chi connectivity index (χ1n) is 7.98. The molecule has 4 rings (SSSR count). The van der Waals surface area contributed by atoms with E-state index in [9.17, 15) is 4.79 Å². The summed E-state index contributed by atoms with van der Waals surface area (Å²) in [6.07, 6.45) is 3.28. The van der Waals surface area contributed by atoms with Gasteiger partial charge < -0.3 is 15.1 Å². The third-order valence-corrected chi connectivity index (χ3v) is 4.75. The highest BCUT2D eigenvalue weighted by molar-refractivity contribution is 7.00. The van der Waals surface area contributed by atoms with Gasteiger partial charge in [-0.3, -0.25) is 4.79 Å². The normalized spacial score (nSPS) is 15.5. The zero-order chi connectivity index (χ0) is 17.2. The molecule has 1 saturated heterocycles. The van der Waals surface area contributed by atoms with Gasteiger partial charge in [-0.15, -0.1) is 0 Å². The van der Waals surface area contributed by atoms with E-state index in [0.29, 0.717) is 17.2 Å². The molecule has 128 valence electrons. The van der Waals surface area contributed by atoms with Crippen LogP contribution in [0.2, 0.25) is 0 Å². The Hall–Kier alpha value is -2.65. The van der Waals surface area contributed by atoms with Crippen molar-refractivity contribution in [2.75, 3.05) is 43.4 Å². The number of carbonyl (C=O) groups is 1. The molecule has 1 fully saturated rings. The Morgan fingerprint density at radius 3 is 2.56 bits per heavy atom. The Morgan fingerprint density at radius 1 is 1.08 bits per heavy atom. The molecule has 0 radical (unpaired) electrons. The van der Waals surface area contributed by atoms with E-state index in [4.69, 9.17) is 0 Å². The van der Waals surface area contributed by atoms with Gasteiger partial charge in [-0.25, -0.2) is 9.97 Å². The predicted molar refractivity (Wildman–Crippen MR) is 97.1 cm³/mol. The number of hydrogen-bond donors (Lipinski definition) is 1. The fourth-order valence-corrected chi connectivity index (χ4v) is 3.20. The van der Waals surface area contributed by atoms with E-state index in [1.54, 1.807) is 30.6 Å². The van der Waals surface area contributed by atoms with Gasteiger partial charge in [-0.05, 0) is 25.2 Å². The standard InChI is InChI=1S/C16H17N7OS/c1-22-4-6-23(7-5-22)16-17-9-12(10-18-16)19-15(24)11-2-3-13-14(8-11)21-25-20-13/h2-3,8-10H,4-7H2,1H3,(H,19,24). The minimum Gasteiger partial charge on any atom is -0.338 e. The minimum absolute atomic E-state index is 0.217. The first-order chi connectivity index (χ1) is 12.2. The van der Waals surface area contributed by atoms with Crippen molar-refractivity contribution in [3.63, 3.8) is 0 Å². The quantitative estimate of drug-likeness (QED) is 0.761. The van der Waals surface area contributed by atoms with Crippen LogP contribution in [0.3, 0.4) is 0 Å². The summed E-state index contributed by atoms with van der Waals surface area (Å²) in [7, 11) is 2.11.